The van der Waals surface area contributed by atoms with Crippen LogP contribution >= 0.6 is 0 Å². The molecule has 10 N–H and O–H groups in total. The van der Waals surface area contributed by atoms with Crippen LogP contribution in [0.5, 0.6) is 0 Å². The number of hydrogen-bond acceptors (Lipinski definition) is 11. The van der Waals surface area contributed by atoms with Crippen molar-refractivity contribution in [1.29, 1.82) is 0 Å². The molecule has 12 heteroatoms. The van der Waals surface area contributed by atoms with Gasteiger partial charge < -0.3 is 56.3 Å². The number of hydrogen-bond donors (Lipinski definition) is 8. The third-order valence-electron chi connectivity index (χ3n) is 7.76. The molecule has 2 saturated heterocycles. The topological polar surface area (TPSA) is 218 Å². The van der Waals surface area contributed by atoms with Gasteiger partial charge in [0.1, 0.15) is 42.7 Å². The summed E-state index contributed by atoms with van der Waals surface area (Å²) in [5.74, 6) is -1.39. The number of carbonyl (C=O) groups is 1. The summed E-state index contributed by atoms with van der Waals surface area (Å²) in [7, 11) is 0. The summed E-state index contributed by atoms with van der Waals surface area (Å²) in [6.45, 7) is 0.941. The zero-order chi connectivity index (χ0) is 28.2. The first-order valence-electron chi connectivity index (χ1n) is 14.1. The van der Waals surface area contributed by atoms with Crippen LogP contribution < -0.4 is 11.5 Å². The van der Waals surface area contributed by atoms with E-state index in [0.717, 1.165) is 25.7 Å². The second-order valence-corrected chi connectivity index (χ2v) is 10.7. The Labute approximate surface area is 225 Å². The van der Waals surface area contributed by atoms with Gasteiger partial charge in [0, 0.05) is 0 Å². The van der Waals surface area contributed by atoms with Gasteiger partial charge in [0.15, 0.2) is 6.29 Å². The molecule has 2 unspecified atom stereocenters. The van der Waals surface area contributed by atoms with Gasteiger partial charge in [0.05, 0.1) is 31.3 Å². The molecular weight excluding hydrogens is 500 g/mol. The molecule has 0 radical (unpaired) electrons. The minimum absolute atomic E-state index is 0.424. The molecule has 0 bridgehead atoms. The zero-order valence-corrected chi connectivity index (χ0v) is 22.5. The van der Waals surface area contributed by atoms with Crippen LogP contribution in [0, 0.1) is 5.92 Å². The number of aliphatic hydroxyl groups excluding tert-OH is 6. The average Bonchev–Trinajstić information content (AvgIpc) is 2.90. The number of ether oxygens (including phenoxy) is 3. The van der Waals surface area contributed by atoms with Crippen molar-refractivity contribution in [3.05, 3.63) is 0 Å². The summed E-state index contributed by atoms with van der Waals surface area (Å²) in [4.78, 5) is 12.3. The summed E-state index contributed by atoms with van der Waals surface area (Å²) in [5.41, 5.74) is 11.9. The second kappa shape index (κ2) is 17.0. The fraction of sp³-hybridized carbons (Fsp3) is 0.962. The Morgan fingerprint density at radius 2 is 1.34 bits per heavy atom. The highest BCUT2D eigenvalue weighted by Gasteiger charge is 2.51. The van der Waals surface area contributed by atoms with Crippen LogP contribution in [0.25, 0.3) is 0 Å². The quantitative estimate of drug-likeness (QED) is 0.103. The van der Waals surface area contributed by atoms with Gasteiger partial charge in [-0.25, -0.2) is 0 Å². The van der Waals surface area contributed by atoms with Crippen LogP contribution in [-0.2, 0) is 19.0 Å². The van der Waals surface area contributed by atoms with Crippen molar-refractivity contribution in [2.45, 2.75) is 139 Å². The molecule has 2 heterocycles. The molecule has 2 aliphatic rings. The number of amides is 1. The Morgan fingerprint density at radius 3 is 1.87 bits per heavy atom. The van der Waals surface area contributed by atoms with Crippen molar-refractivity contribution in [3.63, 3.8) is 0 Å². The SMILES string of the molecule is CCCCCCCCCCCCC(C(N)=O)C1O[C@H](CO)[C@@H](O[C@@H]2O[C@H](CO)[C@H](O)[C@H](O)[C@H]2O)[C@H](O)[C@H]1N. The van der Waals surface area contributed by atoms with Crippen LogP contribution in [0.1, 0.15) is 77.6 Å². The van der Waals surface area contributed by atoms with Gasteiger partial charge in [-0.2, -0.15) is 0 Å². The van der Waals surface area contributed by atoms with Crippen LogP contribution in [0.4, 0.5) is 0 Å². The third-order valence-corrected chi connectivity index (χ3v) is 7.76. The van der Waals surface area contributed by atoms with Crippen LogP contribution in [0.2, 0.25) is 0 Å². The zero-order valence-electron chi connectivity index (χ0n) is 22.5. The van der Waals surface area contributed by atoms with E-state index in [2.05, 4.69) is 6.92 Å². The van der Waals surface area contributed by atoms with Gasteiger partial charge in [-0.05, 0) is 6.42 Å². The molecule has 0 aromatic carbocycles. The number of unbranched alkanes of at least 4 members (excludes halogenated alkanes) is 9. The predicted molar refractivity (Wildman–Crippen MR) is 138 cm³/mol. The van der Waals surface area contributed by atoms with Gasteiger partial charge in [0.2, 0.25) is 5.91 Å². The van der Waals surface area contributed by atoms with Crippen molar-refractivity contribution in [3.8, 4) is 0 Å². The van der Waals surface area contributed by atoms with Crippen molar-refractivity contribution in [2.24, 2.45) is 17.4 Å². The smallest absolute Gasteiger partial charge is 0.223 e. The molecule has 2 rings (SSSR count). The monoisotopic (exact) mass is 550 g/mol. The normalized spacial score (nSPS) is 36.7. The summed E-state index contributed by atoms with van der Waals surface area (Å²) >= 11 is 0. The van der Waals surface area contributed by atoms with E-state index in [4.69, 9.17) is 25.7 Å². The minimum atomic E-state index is -1.71. The fourth-order valence-corrected chi connectivity index (χ4v) is 5.34. The standard InChI is InChI=1S/C26H50N2O10/c1-2-3-4-5-6-7-8-9-10-11-12-15(25(28)35)23-18(27)20(32)24(17(14-30)36-23)38-26-22(34)21(33)19(31)16(13-29)37-26/h15-24,26,29-34H,2-14,27H2,1H3,(H2,28,35)/t15?,16-,17-,18-,19+,20-,21+,22-,23?,24-,26+/m1/s1. The number of carbonyl (C=O) groups excluding carboxylic acids is 1. The van der Waals surface area contributed by atoms with Crippen molar-refractivity contribution < 1.29 is 49.6 Å². The molecule has 0 saturated carbocycles. The summed E-state index contributed by atoms with van der Waals surface area (Å²) < 4.78 is 16.9. The van der Waals surface area contributed by atoms with Crippen LogP contribution in [0.15, 0.2) is 0 Å². The average molecular weight is 551 g/mol. The molecule has 0 aromatic rings. The second-order valence-electron chi connectivity index (χ2n) is 10.7. The molecule has 0 aromatic heterocycles. The first-order chi connectivity index (χ1) is 18.2. The van der Waals surface area contributed by atoms with Gasteiger partial charge in [-0.1, -0.05) is 71.1 Å². The Balaban J connectivity index is 1.92. The maximum Gasteiger partial charge on any atom is 0.223 e. The van der Waals surface area contributed by atoms with Crippen LogP contribution in [-0.4, -0.2) is 111 Å². The van der Waals surface area contributed by atoms with E-state index in [1.807, 2.05) is 0 Å². The molecule has 2 fully saturated rings. The Morgan fingerprint density at radius 1 is 0.789 bits per heavy atom. The first-order valence-corrected chi connectivity index (χ1v) is 14.1. The third kappa shape index (κ3) is 9.05. The molecule has 1 amide bonds. The molecule has 2 aliphatic heterocycles. The van der Waals surface area contributed by atoms with Gasteiger partial charge >= 0.3 is 0 Å². The number of primary amides is 1. The van der Waals surface area contributed by atoms with E-state index in [1.165, 1.54) is 38.5 Å². The van der Waals surface area contributed by atoms with E-state index < -0.39 is 86.2 Å². The number of rotatable bonds is 17. The van der Waals surface area contributed by atoms with E-state index >= 15 is 0 Å². The lowest BCUT2D eigenvalue weighted by molar-refractivity contribution is -0.336. The van der Waals surface area contributed by atoms with Gasteiger partial charge in [-0.3, -0.25) is 4.79 Å². The van der Waals surface area contributed by atoms with Crippen LogP contribution in [0.3, 0.4) is 0 Å². The first kappa shape index (κ1) is 33.3. The molecule has 0 aliphatic carbocycles. The van der Waals surface area contributed by atoms with Crippen molar-refractivity contribution >= 4 is 5.91 Å². The highest BCUT2D eigenvalue weighted by Crippen LogP contribution is 2.32. The highest BCUT2D eigenvalue weighted by atomic mass is 16.7. The molecule has 0 spiro atoms. The van der Waals surface area contributed by atoms with Crippen molar-refractivity contribution in [2.75, 3.05) is 13.2 Å². The fourth-order valence-electron chi connectivity index (χ4n) is 5.34. The van der Waals surface area contributed by atoms with E-state index in [1.54, 1.807) is 0 Å². The van der Waals surface area contributed by atoms with Gasteiger partial charge in [-0.15, -0.1) is 0 Å². The summed E-state index contributed by atoms with van der Waals surface area (Å²) in [6.07, 6.45) is -0.792. The lowest BCUT2D eigenvalue weighted by Gasteiger charge is -2.47. The predicted octanol–water partition coefficient (Wildman–Crippen LogP) is -0.968. The van der Waals surface area contributed by atoms with Gasteiger partial charge in [0.25, 0.3) is 0 Å². The largest absolute Gasteiger partial charge is 0.394 e. The van der Waals surface area contributed by atoms with E-state index in [-0.39, 0.29) is 0 Å². The maximum absolute atomic E-state index is 12.3. The van der Waals surface area contributed by atoms with E-state index in [9.17, 15) is 35.4 Å². The number of nitrogens with two attached hydrogens (primary N) is 2. The molecular formula is C26H50N2O10. The molecule has 224 valence electrons. The molecule has 12 nitrogen and oxygen atoms in total. The Kier molecular flexibility index (Phi) is 14.9. The lowest BCUT2D eigenvalue weighted by Crippen LogP contribution is -2.67. The Hall–Kier alpha value is -0.930. The maximum atomic E-state index is 12.3. The Bertz CT molecular complexity index is 670. The van der Waals surface area contributed by atoms with Crippen molar-refractivity contribution in [1.82, 2.24) is 0 Å². The van der Waals surface area contributed by atoms with E-state index in [0.29, 0.717) is 6.42 Å². The summed E-state index contributed by atoms with van der Waals surface area (Å²) in [5, 5.41) is 60.6. The summed E-state index contributed by atoms with van der Waals surface area (Å²) in [6, 6.07) is -1.10. The number of aliphatic hydroxyl groups is 6. The molecule has 38 heavy (non-hydrogen) atoms. The highest BCUT2D eigenvalue weighted by molar-refractivity contribution is 5.77. The minimum Gasteiger partial charge on any atom is -0.394 e. The molecule has 11 atom stereocenters. The lowest BCUT2D eigenvalue weighted by atomic mass is 9.83.